The lowest BCUT2D eigenvalue weighted by Crippen LogP contribution is -2.21. The van der Waals surface area contributed by atoms with Crippen LogP contribution >= 0.6 is 11.6 Å². The third-order valence-electron chi connectivity index (χ3n) is 3.32. The van der Waals surface area contributed by atoms with Gasteiger partial charge in [-0.3, -0.25) is 9.59 Å². The Hall–Kier alpha value is -1.60. The number of alkyl halides is 1. The summed E-state index contributed by atoms with van der Waals surface area (Å²) in [6, 6.07) is 4.81. The van der Waals surface area contributed by atoms with E-state index in [0.717, 1.165) is 6.26 Å². The summed E-state index contributed by atoms with van der Waals surface area (Å²) in [6.07, 6.45) is 0.868. The van der Waals surface area contributed by atoms with Gasteiger partial charge in [0.2, 0.25) is 11.8 Å². The SMILES string of the molecule is CC(C(Cl)c1ccc2c(c1)NC(=O)CC(=O)N2)S(C)(=O)=O. The van der Waals surface area contributed by atoms with Crippen molar-refractivity contribution in [2.75, 3.05) is 16.9 Å². The lowest BCUT2D eigenvalue weighted by molar-refractivity contribution is -0.123. The highest BCUT2D eigenvalue weighted by Crippen LogP contribution is 2.33. The van der Waals surface area contributed by atoms with E-state index in [-0.39, 0.29) is 6.42 Å². The molecule has 2 amide bonds. The van der Waals surface area contributed by atoms with Crippen LogP contribution in [0.15, 0.2) is 18.2 Å². The maximum Gasteiger partial charge on any atom is 0.233 e. The number of hydrogen-bond acceptors (Lipinski definition) is 4. The lowest BCUT2D eigenvalue weighted by atomic mass is 10.1. The minimum absolute atomic E-state index is 0.256. The molecule has 1 aliphatic rings. The van der Waals surface area contributed by atoms with Crippen LogP contribution in [-0.2, 0) is 19.4 Å². The number of carbonyl (C=O) groups is 2. The largest absolute Gasteiger partial charge is 0.324 e. The first-order chi connectivity index (χ1) is 9.68. The molecule has 2 atom stereocenters. The summed E-state index contributed by atoms with van der Waals surface area (Å²) in [6.45, 7) is 1.53. The molecule has 0 bridgehead atoms. The van der Waals surface area contributed by atoms with Crippen molar-refractivity contribution in [1.29, 1.82) is 0 Å². The van der Waals surface area contributed by atoms with Gasteiger partial charge in [-0.25, -0.2) is 8.42 Å². The van der Waals surface area contributed by atoms with E-state index in [1.165, 1.54) is 6.92 Å². The number of nitrogens with one attached hydrogen (secondary N) is 2. The molecule has 0 spiro atoms. The maximum absolute atomic E-state index is 11.6. The van der Waals surface area contributed by atoms with Gasteiger partial charge in [0.1, 0.15) is 6.42 Å². The first-order valence-corrected chi connectivity index (χ1v) is 8.64. The molecule has 0 aliphatic carbocycles. The Morgan fingerprint density at radius 2 is 1.71 bits per heavy atom. The fourth-order valence-corrected chi connectivity index (χ4v) is 3.26. The van der Waals surface area contributed by atoms with Gasteiger partial charge in [-0.15, -0.1) is 11.6 Å². The van der Waals surface area contributed by atoms with E-state index in [1.807, 2.05) is 0 Å². The minimum atomic E-state index is -3.29. The van der Waals surface area contributed by atoms with Crippen LogP contribution in [0, 0.1) is 0 Å². The zero-order valence-electron chi connectivity index (χ0n) is 11.5. The summed E-state index contributed by atoms with van der Waals surface area (Å²) in [5, 5.41) is 3.67. The van der Waals surface area contributed by atoms with E-state index in [0.29, 0.717) is 16.9 Å². The summed E-state index contributed by atoms with van der Waals surface area (Å²) in [5.41, 5.74) is 1.44. The normalized spacial score (nSPS) is 18.0. The first kappa shape index (κ1) is 15.8. The smallest absolute Gasteiger partial charge is 0.233 e. The van der Waals surface area contributed by atoms with E-state index >= 15 is 0 Å². The summed E-state index contributed by atoms with van der Waals surface area (Å²) in [4.78, 5) is 23.0. The molecule has 6 nitrogen and oxygen atoms in total. The number of sulfone groups is 1. The topological polar surface area (TPSA) is 92.3 Å². The monoisotopic (exact) mass is 330 g/mol. The van der Waals surface area contributed by atoms with Crippen LogP contribution in [0.2, 0.25) is 0 Å². The van der Waals surface area contributed by atoms with Gasteiger partial charge in [0.25, 0.3) is 0 Å². The van der Waals surface area contributed by atoms with Crippen molar-refractivity contribution in [3.05, 3.63) is 23.8 Å². The van der Waals surface area contributed by atoms with Crippen LogP contribution in [0.3, 0.4) is 0 Å². The Labute approximate surface area is 127 Å². The molecule has 2 unspecified atom stereocenters. The standard InChI is InChI=1S/C13H15ClN2O4S/c1-7(21(2,19)20)13(14)8-3-4-9-10(5-8)16-12(18)6-11(17)15-9/h3-5,7,13H,6H2,1-2H3,(H,15,17)(H,16,18). The predicted molar refractivity (Wildman–Crippen MR) is 81.2 cm³/mol. The quantitative estimate of drug-likeness (QED) is 0.651. The zero-order valence-corrected chi connectivity index (χ0v) is 13.1. The van der Waals surface area contributed by atoms with E-state index in [1.54, 1.807) is 18.2 Å². The van der Waals surface area contributed by atoms with Gasteiger partial charge in [0.15, 0.2) is 9.84 Å². The average molecular weight is 331 g/mol. The summed E-state index contributed by atoms with van der Waals surface area (Å²) in [7, 11) is -3.29. The summed E-state index contributed by atoms with van der Waals surface area (Å²) >= 11 is 6.21. The van der Waals surface area contributed by atoms with Crippen LogP contribution < -0.4 is 10.6 Å². The van der Waals surface area contributed by atoms with Gasteiger partial charge in [-0.1, -0.05) is 6.07 Å². The van der Waals surface area contributed by atoms with Crippen molar-refractivity contribution in [3.63, 3.8) is 0 Å². The molecule has 0 saturated heterocycles. The van der Waals surface area contributed by atoms with Gasteiger partial charge in [0, 0.05) is 6.26 Å². The molecule has 1 aromatic rings. The molecule has 21 heavy (non-hydrogen) atoms. The molecule has 8 heteroatoms. The maximum atomic E-state index is 11.6. The van der Waals surface area contributed by atoms with Crippen molar-refractivity contribution in [1.82, 2.24) is 0 Å². The number of hydrogen-bond donors (Lipinski definition) is 2. The lowest BCUT2D eigenvalue weighted by Gasteiger charge is -2.18. The van der Waals surface area contributed by atoms with Crippen molar-refractivity contribution >= 4 is 44.6 Å². The molecule has 114 valence electrons. The molecule has 1 aromatic carbocycles. The third kappa shape index (κ3) is 3.54. The number of benzene rings is 1. The van der Waals surface area contributed by atoms with Crippen molar-refractivity contribution in [3.8, 4) is 0 Å². The molecule has 0 aromatic heterocycles. The molecule has 1 heterocycles. The number of amides is 2. The molecular weight excluding hydrogens is 316 g/mol. The average Bonchev–Trinajstić information content (AvgIpc) is 2.51. The van der Waals surface area contributed by atoms with Crippen molar-refractivity contribution < 1.29 is 18.0 Å². The second-order valence-electron chi connectivity index (χ2n) is 5.01. The highest BCUT2D eigenvalue weighted by atomic mass is 35.5. The van der Waals surface area contributed by atoms with Crippen LogP contribution in [-0.4, -0.2) is 31.7 Å². The van der Waals surface area contributed by atoms with Crippen LogP contribution in [0.1, 0.15) is 24.3 Å². The Morgan fingerprint density at radius 3 is 2.29 bits per heavy atom. The Kier molecular flexibility index (Phi) is 4.25. The number of halogens is 1. The highest BCUT2D eigenvalue weighted by molar-refractivity contribution is 7.91. The van der Waals surface area contributed by atoms with Crippen LogP contribution in [0.25, 0.3) is 0 Å². The minimum Gasteiger partial charge on any atom is -0.324 e. The molecule has 0 saturated carbocycles. The van der Waals surface area contributed by atoms with Crippen LogP contribution in [0.4, 0.5) is 11.4 Å². The second-order valence-corrected chi connectivity index (χ2v) is 7.89. The molecule has 0 fully saturated rings. The Bertz CT molecular complexity index is 702. The number of carbonyl (C=O) groups excluding carboxylic acids is 2. The predicted octanol–water partition coefficient (Wildman–Crippen LogP) is 1.68. The van der Waals surface area contributed by atoms with Crippen LogP contribution in [0.5, 0.6) is 0 Å². The van der Waals surface area contributed by atoms with Gasteiger partial charge in [-0.05, 0) is 24.6 Å². The fourth-order valence-electron chi connectivity index (χ4n) is 1.97. The molecule has 1 aliphatic heterocycles. The molecule has 2 N–H and O–H groups in total. The fraction of sp³-hybridized carbons (Fsp3) is 0.385. The molecule has 2 rings (SSSR count). The Balaban J connectivity index is 2.37. The van der Waals surface area contributed by atoms with Crippen molar-refractivity contribution in [2.45, 2.75) is 24.0 Å². The van der Waals surface area contributed by atoms with E-state index in [2.05, 4.69) is 10.6 Å². The third-order valence-corrected chi connectivity index (χ3v) is 5.72. The van der Waals surface area contributed by atoms with Gasteiger partial charge < -0.3 is 10.6 Å². The summed E-state index contributed by atoms with van der Waals surface area (Å²) < 4.78 is 23.1. The first-order valence-electron chi connectivity index (χ1n) is 6.25. The number of anilines is 2. The second kappa shape index (κ2) is 5.65. The molecule has 0 radical (unpaired) electrons. The number of fused-ring (bicyclic) bond motifs is 1. The molecular formula is C13H15ClN2O4S. The Morgan fingerprint density at radius 1 is 1.14 bits per heavy atom. The van der Waals surface area contributed by atoms with E-state index in [9.17, 15) is 18.0 Å². The number of rotatable bonds is 3. The van der Waals surface area contributed by atoms with E-state index in [4.69, 9.17) is 11.6 Å². The van der Waals surface area contributed by atoms with Gasteiger partial charge >= 0.3 is 0 Å². The summed E-state index contributed by atoms with van der Waals surface area (Å²) in [5.74, 6) is -0.823. The van der Waals surface area contributed by atoms with Gasteiger partial charge in [0.05, 0.1) is 22.0 Å². The van der Waals surface area contributed by atoms with E-state index < -0.39 is 32.3 Å². The zero-order chi connectivity index (χ0) is 15.8. The van der Waals surface area contributed by atoms with Gasteiger partial charge in [-0.2, -0.15) is 0 Å². The van der Waals surface area contributed by atoms with Crippen molar-refractivity contribution in [2.24, 2.45) is 0 Å². The highest BCUT2D eigenvalue weighted by Gasteiger charge is 2.27.